The van der Waals surface area contributed by atoms with Gasteiger partial charge in [0.25, 0.3) is 5.91 Å². The Labute approximate surface area is 143 Å². The zero-order valence-corrected chi connectivity index (χ0v) is 14.6. The van der Waals surface area contributed by atoms with E-state index >= 15 is 0 Å². The van der Waals surface area contributed by atoms with Crippen molar-refractivity contribution in [3.63, 3.8) is 0 Å². The van der Waals surface area contributed by atoms with E-state index in [1.54, 1.807) is 0 Å². The number of carbonyl (C=O) groups excluding carboxylic acids is 1. The van der Waals surface area contributed by atoms with Crippen LogP contribution in [0.1, 0.15) is 18.5 Å². The second-order valence-corrected chi connectivity index (χ2v) is 6.41. The predicted molar refractivity (Wildman–Crippen MR) is 94.4 cm³/mol. The second-order valence-electron chi connectivity index (χ2n) is 4.81. The van der Waals surface area contributed by atoms with E-state index in [1.165, 1.54) is 0 Å². The molecule has 0 heterocycles. The van der Waals surface area contributed by atoms with E-state index in [-0.39, 0.29) is 11.9 Å². The van der Waals surface area contributed by atoms with Gasteiger partial charge < -0.3 is 10.6 Å². The highest BCUT2D eigenvalue weighted by Gasteiger charge is 2.12. The first-order valence-electron chi connectivity index (χ1n) is 6.69. The molecule has 0 bridgehead atoms. The Bertz CT molecular complexity index is 616. The van der Waals surface area contributed by atoms with Crippen LogP contribution in [0.2, 0.25) is 5.02 Å². The van der Waals surface area contributed by atoms with Crippen LogP contribution in [0.3, 0.4) is 0 Å². The average molecular weight is 416 g/mol. The molecule has 0 aromatic heterocycles. The highest BCUT2D eigenvalue weighted by molar-refractivity contribution is 14.1. The molecule has 0 saturated carbocycles. The smallest absolute Gasteiger partial charge is 0.279 e. The molecule has 3 nitrogen and oxygen atoms in total. The van der Waals surface area contributed by atoms with Gasteiger partial charge in [-0.25, -0.2) is 0 Å². The lowest BCUT2D eigenvalue weighted by atomic mass is 10.1. The number of hydrogen-bond acceptors (Lipinski definition) is 1. The maximum Gasteiger partial charge on any atom is 0.279 e. The number of anilines is 1. The van der Waals surface area contributed by atoms with Crippen molar-refractivity contribution >= 4 is 45.8 Å². The molecule has 2 aromatic rings. The summed E-state index contributed by atoms with van der Waals surface area (Å²) < 4.78 is 1.04. The number of halogens is 2. The summed E-state index contributed by atoms with van der Waals surface area (Å²) in [6, 6.07) is 15.7. The highest BCUT2D eigenvalue weighted by Crippen LogP contribution is 2.16. The van der Waals surface area contributed by atoms with E-state index in [1.807, 2.05) is 53.8 Å². The Morgan fingerprint density at radius 1 is 1.24 bits per heavy atom. The van der Waals surface area contributed by atoms with Crippen LogP contribution in [0.15, 0.2) is 48.5 Å². The van der Waals surface area contributed by atoms with Crippen molar-refractivity contribution in [1.82, 2.24) is 0 Å². The first kappa shape index (κ1) is 16.3. The molecule has 1 atom stereocenters. The molecule has 0 aliphatic heterocycles. The monoisotopic (exact) mass is 415 g/mol. The van der Waals surface area contributed by atoms with Crippen LogP contribution in [-0.4, -0.2) is 12.5 Å². The lowest BCUT2D eigenvalue weighted by molar-refractivity contribution is -0.682. The summed E-state index contributed by atoms with van der Waals surface area (Å²) in [7, 11) is 0. The summed E-state index contributed by atoms with van der Waals surface area (Å²) in [5, 5.41) is 5.66. The zero-order chi connectivity index (χ0) is 15.2. The quantitative estimate of drug-likeness (QED) is 0.724. The predicted octanol–water partition coefficient (Wildman–Crippen LogP) is 3.21. The molecule has 21 heavy (non-hydrogen) atoms. The summed E-state index contributed by atoms with van der Waals surface area (Å²) in [6.07, 6.45) is 0. The number of hydrogen-bond donors (Lipinski definition) is 2. The van der Waals surface area contributed by atoms with Crippen LogP contribution < -0.4 is 10.6 Å². The molecule has 2 rings (SSSR count). The van der Waals surface area contributed by atoms with Crippen LogP contribution in [0.25, 0.3) is 0 Å². The Hall–Kier alpha value is -1.11. The van der Waals surface area contributed by atoms with Crippen LogP contribution in [0, 0.1) is 3.57 Å². The number of quaternary nitrogens is 1. The third kappa shape index (κ3) is 4.98. The number of nitrogens with one attached hydrogen (secondary N) is 1. The Balaban J connectivity index is 1.86. The minimum Gasteiger partial charge on any atom is -0.333 e. The van der Waals surface area contributed by atoms with E-state index in [0.29, 0.717) is 6.54 Å². The summed E-state index contributed by atoms with van der Waals surface area (Å²) in [6.45, 7) is 2.46. The van der Waals surface area contributed by atoms with E-state index in [2.05, 4.69) is 34.8 Å². The number of rotatable bonds is 5. The fourth-order valence-electron chi connectivity index (χ4n) is 1.95. The molecule has 0 unspecified atom stereocenters. The second kappa shape index (κ2) is 7.77. The average Bonchev–Trinajstić information content (AvgIpc) is 2.48. The molecule has 1 amide bonds. The first-order chi connectivity index (χ1) is 10.1. The van der Waals surface area contributed by atoms with Crippen molar-refractivity contribution in [2.24, 2.45) is 0 Å². The summed E-state index contributed by atoms with van der Waals surface area (Å²) >= 11 is 8.08. The largest absolute Gasteiger partial charge is 0.333 e. The molecule has 0 aliphatic carbocycles. The third-order valence-electron chi connectivity index (χ3n) is 3.20. The number of para-hydroxylation sites is 1. The van der Waals surface area contributed by atoms with Crippen LogP contribution in [0.5, 0.6) is 0 Å². The van der Waals surface area contributed by atoms with Gasteiger partial charge in [-0.05, 0) is 53.8 Å². The molecule has 0 saturated heterocycles. The van der Waals surface area contributed by atoms with Crippen molar-refractivity contribution < 1.29 is 10.1 Å². The fraction of sp³-hybridized carbons (Fsp3) is 0.188. The molecule has 5 heteroatoms. The maximum atomic E-state index is 12.0. The van der Waals surface area contributed by atoms with Gasteiger partial charge in [-0.15, -0.1) is 0 Å². The van der Waals surface area contributed by atoms with Gasteiger partial charge in [0.2, 0.25) is 0 Å². The van der Waals surface area contributed by atoms with E-state index < -0.39 is 0 Å². The molecule has 110 valence electrons. The minimum absolute atomic E-state index is 0.0000653. The van der Waals surface area contributed by atoms with Gasteiger partial charge >= 0.3 is 0 Å². The van der Waals surface area contributed by atoms with Crippen molar-refractivity contribution in [2.45, 2.75) is 13.0 Å². The molecule has 3 N–H and O–H groups in total. The standard InChI is InChI=1S/C16H16ClIN2O/c1-11(12-6-8-13(17)9-7-12)19-10-16(21)20-15-5-3-2-4-14(15)18/h2-9,11,19H,10H2,1H3,(H,20,21)/p+1/t11-/m0/s1. The molecule has 0 fully saturated rings. The van der Waals surface area contributed by atoms with Gasteiger partial charge in [0.1, 0.15) is 6.04 Å². The third-order valence-corrected chi connectivity index (χ3v) is 4.39. The van der Waals surface area contributed by atoms with Gasteiger partial charge in [0, 0.05) is 14.2 Å². The Kier molecular flexibility index (Phi) is 6.02. The lowest BCUT2D eigenvalue weighted by Crippen LogP contribution is -2.86. The molecule has 2 aromatic carbocycles. The molecule has 0 spiro atoms. The maximum absolute atomic E-state index is 12.0. The molecular weight excluding hydrogens is 399 g/mol. The van der Waals surface area contributed by atoms with Crippen LogP contribution >= 0.6 is 34.2 Å². The Morgan fingerprint density at radius 3 is 2.57 bits per heavy atom. The van der Waals surface area contributed by atoms with Crippen molar-refractivity contribution in [3.8, 4) is 0 Å². The van der Waals surface area contributed by atoms with Crippen LogP contribution in [-0.2, 0) is 4.79 Å². The number of amides is 1. The molecule has 0 radical (unpaired) electrons. The first-order valence-corrected chi connectivity index (χ1v) is 8.15. The van der Waals surface area contributed by atoms with Gasteiger partial charge in [-0.2, -0.15) is 0 Å². The molecular formula is C16H17ClIN2O+. The van der Waals surface area contributed by atoms with E-state index in [9.17, 15) is 4.79 Å². The summed E-state index contributed by atoms with van der Waals surface area (Å²) in [4.78, 5) is 12.0. The summed E-state index contributed by atoms with van der Waals surface area (Å²) in [5.41, 5.74) is 2.01. The fourth-order valence-corrected chi connectivity index (χ4v) is 2.60. The number of benzene rings is 2. The Morgan fingerprint density at radius 2 is 1.90 bits per heavy atom. The SMILES string of the molecule is C[C@H]([NH2+]CC(=O)Nc1ccccc1I)c1ccc(Cl)cc1. The van der Waals surface area contributed by atoms with Gasteiger partial charge in [-0.3, -0.25) is 4.79 Å². The van der Waals surface area contributed by atoms with Crippen LogP contribution in [0.4, 0.5) is 5.69 Å². The number of carbonyl (C=O) groups is 1. The summed E-state index contributed by atoms with van der Waals surface area (Å²) in [5.74, 6) is -0.0000653. The number of nitrogens with two attached hydrogens (primary N) is 1. The van der Waals surface area contributed by atoms with Crippen molar-refractivity contribution in [2.75, 3.05) is 11.9 Å². The molecule has 0 aliphatic rings. The highest BCUT2D eigenvalue weighted by atomic mass is 127. The zero-order valence-electron chi connectivity index (χ0n) is 11.6. The normalized spacial score (nSPS) is 12.0. The van der Waals surface area contributed by atoms with Gasteiger partial charge in [0.15, 0.2) is 6.54 Å². The van der Waals surface area contributed by atoms with Crippen molar-refractivity contribution in [1.29, 1.82) is 0 Å². The minimum atomic E-state index is -0.0000653. The topological polar surface area (TPSA) is 45.7 Å². The van der Waals surface area contributed by atoms with E-state index in [0.717, 1.165) is 19.8 Å². The van der Waals surface area contributed by atoms with E-state index in [4.69, 9.17) is 11.6 Å². The lowest BCUT2D eigenvalue weighted by Gasteiger charge is -2.12. The van der Waals surface area contributed by atoms with Gasteiger partial charge in [0.05, 0.1) is 5.69 Å². The van der Waals surface area contributed by atoms with Gasteiger partial charge in [-0.1, -0.05) is 35.9 Å². The van der Waals surface area contributed by atoms with Crippen molar-refractivity contribution in [3.05, 3.63) is 62.7 Å².